The summed E-state index contributed by atoms with van der Waals surface area (Å²) in [7, 11) is 0. The van der Waals surface area contributed by atoms with Crippen LogP contribution >= 0.6 is 11.6 Å². The minimum Gasteiger partial charge on any atom is -0.461 e. The van der Waals surface area contributed by atoms with Crippen molar-refractivity contribution in [2.24, 2.45) is 0 Å². The molecule has 0 radical (unpaired) electrons. The largest absolute Gasteiger partial charge is 0.461 e. The van der Waals surface area contributed by atoms with Gasteiger partial charge in [-0.3, -0.25) is 14.7 Å². The lowest BCUT2D eigenvalue weighted by molar-refractivity contribution is -0.128. The highest BCUT2D eigenvalue weighted by Crippen LogP contribution is 2.40. The third-order valence-electron chi connectivity index (χ3n) is 9.95. The van der Waals surface area contributed by atoms with E-state index in [1.807, 2.05) is 18.5 Å². The Hall–Kier alpha value is -3.81. The van der Waals surface area contributed by atoms with Gasteiger partial charge >= 0.3 is 6.01 Å². The lowest BCUT2D eigenvalue weighted by atomic mass is 9.89. The minimum atomic E-state index is -0.296. The van der Waals surface area contributed by atoms with Crippen LogP contribution in [0.1, 0.15) is 49.7 Å². The summed E-state index contributed by atoms with van der Waals surface area (Å²) in [5.74, 6) is 0.494. The summed E-state index contributed by atoms with van der Waals surface area (Å²) in [5.41, 5.74) is 4.70. The number of piperazine rings is 1. The van der Waals surface area contributed by atoms with Crippen molar-refractivity contribution in [2.75, 3.05) is 50.8 Å². The lowest BCUT2D eigenvalue weighted by Gasteiger charge is -2.39. The molecular formula is C33H37ClN8O2. The monoisotopic (exact) mass is 612 g/mol. The zero-order valence-corrected chi connectivity index (χ0v) is 25.7. The third-order valence-corrected chi connectivity index (χ3v) is 10.2. The Labute approximate surface area is 262 Å². The van der Waals surface area contributed by atoms with Crippen molar-refractivity contribution in [1.82, 2.24) is 29.7 Å². The molecule has 3 aromatic heterocycles. The molecule has 1 atom stereocenters. The Morgan fingerprint density at radius 2 is 1.93 bits per heavy atom. The van der Waals surface area contributed by atoms with Gasteiger partial charge in [0.1, 0.15) is 18.5 Å². The van der Waals surface area contributed by atoms with Crippen molar-refractivity contribution >= 4 is 34.4 Å². The number of rotatable bonds is 7. The quantitative estimate of drug-likeness (QED) is 0.279. The number of anilines is 1. The summed E-state index contributed by atoms with van der Waals surface area (Å²) in [6.45, 7) is 15.6. The Morgan fingerprint density at radius 3 is 2.73 bits per heavy atom. The van der Waals surface area contributed by atoms with Gasteiger partial charge in [-0.2, -0.15) is 9.97 Å². The average Bonchev–Trinajstić information content (AvgIpc) is 3.64. The number of aryl methyl sites for hydroxylation is 1. The van der Waals surface area contributed by atoms with E-state index in [-0.39, 0.29) is 24.0 Å². The maximum absolute atomic E-state index is 12.6. The molecule has 1 aliphatic carbocycles. The van der Waals surface area contributed by atoms with Crippen LogP contribution in [0.25, 0.3) is 27.1 Å². The van der Waals surface area contributed by atoms with Crippen LogP contribution in [-0.4, -0.2) is 93.1 Å². The SMILES string of the molecule is [C-]#[N+]C[C@H]1CN(c2nc(OCC34CCCN3CCC4)nc3nc(-c4cncc5c4CCCC5)c(Cl)cc23)CCN1C(=O)C=C. The summed E-state index contributed by atoms with van der Waals surface area (Å²) in [4.78, 5) is 42.0. The second kappa shape index (κ2) is 11.9. The van der Waals surface area contributed by atoms with Gasteiger partial charge in [0.15, 0.2) is 5.65 Å². The highest BCUT2D eigenvalue weighted by atomic mass is 35.5. The van der Waals surface area contributed by atoms with Gasteiger partial charge in [-0.25, -0.2) is 11.6 Å². The van der Waals surface area contributed by atoms with Crippen LogP contribution in [-0.2, 0) is 17.6 Å². The topological polar surface area (TPSA) is 91.9 Å². The molecule has 1 amide bonds. The molecule has 44 heavy (non-hydrogen) atoms. The molecule has 3 fully saturated rings. The summed E-state index contributed by atoms with van der Waals surface area (Å²) in [5, 5.41) is 1.23. The smallest absolute Gasteiger partial charge is 0.320 e. The molecule has 10 nitrogen and oxygen atoms in total. The highest BCUT2D eigenvalue weighted by molar-refractivity contribution is 6.34. The molecule has 4 aliphatic rings. The van der Waals surface area contributed by atoms with Crippen LogP contribution in [0.15, 0.2) is 31.1 Å². The lowest BCUT2D eigenvalue weighted by Crippen LogP contribution is -2.56. The fourth-order valence-electron chi connectivity index (χ4n) is 7.73. The molecule has 7 rings (SSSR count). The zero-order valence-electron chi connectivity index (χ0n) is 25.0. The fourth-order valence-corrected chi connectivity index (χ4v) is 7.98. The van der Waals surface area contributed by atoms with E-state index in [1.54, 1.807) is 4.90 Å². The van der Waals surface area contributed by atoms with Crippen LogP contribution in [0.5, 0.6) is 6.01 Å². The van der Waals surface area contributed by atoms with Gasteiger partial charge < -0.3 is 19.4 Å². The van der Waals surface area contributed by atoms with Crippen molar-refractivity contribution in [1.29, 1.82) is 0 Å². The van der Waals surface area contributed by atoms with Gasteiger partial charge in [-0.1, -0.05) is 18.2 Å². The number of hydrogen-bond donors (Lipinski definition) is 0. The van der Waals surface area contributed by atoms with E-state index in [2.05, 4.69) is 26.2 Å². The summed E-state index contributed by atoms with van der Waals surface area (Å²) < 4.78 is 6.45. The molecule has 0 N–H and O–H groups in total. The third kappa shape index (κ3) is 5.16. The summed E-state index contributed by atoms with van der Waals surface area (Å²) in [6, 6.07) is 1.90. The first-order valence-corrected chi connectivity index (χ1v) is 16.1. The first-order valence-electron chi connectivity index (χ1n) is 15.7. The standard InChI is InChI=1S/C33H37ClN8O2/c1-3-28(43)42-15-14-40(20-23(42)18-35-2)31-25-16-27(34)29(26-19-36-17-22-8-4-5-9-24(22)26)37-30(25)38-32(39-31)44-21-33-10-6-12-41(33)13-7-11-33/h3,16-17,19,23H,1,4-15,18,20-21H2/t23-/m0/s1. The molecule has 3 saturated heterocycles. The van der Waals surface area contributed by atoms with Crippen molar-refractivity contribution < 1.29 is 9.53 Å². The van der Waals surface area contributed by atoms with Crippen LogP contribution < -0.4 is 9.64 Å². The van der Waals surface area contributed by atoms with Crippen LogP contribution in [0.3, 0.4) is 0 Å². The molecule has 0 aromatic carbocycles. The van der Waals surface area contributed by atoms with E-state index >= 15 is 0 Å². The number of halogens is 1. The summed E-state index contributed by atoms with van der Waals surface area (Å²) >= 11 is 7.00. The number of carbonyl (C=O) groups is 1. The second-order valence-corrected chi connectivity index (χ2v) is 12.8. The normalized spacial score (nSPS) is 21.1. The van der Waals surface area contributed by atoms with E-state index in [4.69, 9.17) is 37.9 Å². The molecule has 0 spiro atoms. The number of pyridine rings is 2. The van der Waals surface area contributed by atoms with E-state index in [0.717, 1.165) is 62.6 Å². The van der Waals surface area contributed by atoms with Gasteiger partial charge in [0, 0.05) is 37.6 Å². The van der Waals surface area contributed by atoms with Gasteiger partial charge in [-0.05, 0) is 87.7 Å². The Balaban J connectivity index is 1.30. The molecule has 3 aliphatic heterocycles. The van der Waals surface area contributed by atoms with E-state index in [0.29, 0.717) is 54.4 Å². The molecule has 0 bridgehead atoms. The molecule has 0 saturated carbocycles. The van der Waals surface area contributed by atoms with Gasteiger partial charge in [0.05, 0.1) is 21.6 Å². The van der Waals surface area contributed by atoms with Gasteiger partial charge in [-0.15, -0.1) is 0 Å². The van der Waals surface area contributed by atoms with Gasteiger partial charge in [0.25, 0.3) is 0 Å². The minimum absolute atomic E-state index is 0.0449. The van der Waals surface area contributed by atoms with E-state index in [9.17, 15) is 4.79 Å². The van der Waals surface area contributed by atoms with Crippen molar-refractivity contribution in [3.63, 3.8) is 0 Å². The zero-order chi connectivity index (χ0) is 30.3. The molecule has 0 unspecified atom stereocenters. The predicted octanol–water partition coefficient (Wildman–Crippen LogP) is 4.75. The van der Waals surface area contributed by atoms with Crippen LogP contribution in [0, 0.1) is 6.57 Å². The predicted molar refractivity (Wildman–Crippen MR) is 170 cm³/mol. The highest BCUT2D eigenvalue weighted by Gasteiger charge is 2.45. The number of hydrogen-bond acceptors (Lipinski definition) is 8. The van der Waals surface area contributed by atoms with E-state index in [1.165, 1.54) is 30.0 Å². The molecule has 6 heterocycles. The summed E-state index contributed by atoms with van der Waals surface area (Å²) in [6.07, 6.45) is 14.0. The maximum Gasteiger partial charge on any atom is 0.320 e. The first-order chi connectivity index (χ1) is 21.5. The average molecular weight is 613 g/mol. The number of amides is 1. The number of nitrogens with zero attached hydrogens (tertiary/aromatic N) is 8. The number of fused-ring (bicyclic) bond motifs is 3. The molecular weight excluding hydrogens is 576 g/mol. The van der Waals surface area contributed by atoms with Crippen LogP contribution in [0.4, 0.5) is 5.82 Å². The van der Waals surface area contributed by atoms with Gasteiger partial charge in [0.2, 0.25) is 12.5 Å². The Bertz CT molecular complexity index is 1640. The molecule has 3 aromatic rings. The second-order valence-electron chi connectivity index (χ2n) is 12.4. The Kier molecular flexibility index (Phi) is 7.85. The van der Waals surface area contributed by atoms with Crippen molar-refractivity contribution in [3.8, 4) is 17.3 Å². The number of carbonyl (C=O) groups excluding carboxylic acids is 1. The van der Waals surface area contributed by atoms with E-state index < -0.39 is 0 Å². The van der Waals surface area contributed by atoms with Crippen molar-refractivity contribution in [2.45, 2.75) is 62.9 Å². The van der Waals surface area contributed by atoms with Crippen LogP contribution in [0.2, 0.25) is 5.02 Å². The maximum atomic E-state index is 12.6. The van der Waals surface area contributed by atoms with Crippen molar-refractivity contribution in [3.05, 3.63) is 58.7 Å². The molecule has 11 heteroatoms. The first kappa shape index (κ1) is 28.9. The number of aromatic nitrogens is 4. The fraction of sp³-hybridized carbons (Fsp3) is 0.515. The molecule has 228 valence electrons. The Morgan fingerprint density at radius 1 is 1.11 bits per heavy atom. The number of ether oxygens (including phenoxy) is 1.